The van der Waals surface area contributed by atoms with E-state index in [0.717, 1.165) is 22.7 Å². The molecule has 2 rings (SSSR count). The highest BCUT2D eigenvalue weighted by molar-refractivity contribution is 6.33. The van der Waals surface area contributed by atoms with E-state index in [1.165, 1.54) is 0 Å². The molecule has 0 saturated carbocycles. The standard InChI is InChI=1S/C15H18ClN3O/c1-19(10-12-5-3-4-6-14(12)20-2)15-13(16)7-11(8-17)9-18-15/h3-7,9H,8,10,17H2,1-2H3. The minimum atomic E-state index is 0.434. The fourth-order valence-corrected chi connectivity index (χ4v) is 2.36. The number of rotatable bonds is 5. The van der Waals surface area contributed by atoms with Gasteiger partial charge in [-0.1, -0.05) is 29.8 Å². The number of ether oxygens (including phenoxy) is 1. The maximum atomic E-state index is 6.25. The van der Waals surface area contributed by atoms with Crippen molar-refractivity contribution in [2.75, 3.05) is 19.1 Å². The lowest BCUT2D eigenvalue weighted by molar-refractivity contribution is 0.409. The predicted octanol–water partition coefficient (Wildman–Crippen LogP) is 2.84. The molecule has 0 bridgehead atoms. The zero-order chi connectivity index (χ0) is 14.5. The van der Waals surface area contributed by atoms with Crippen molar-refractivity contribution < 1.29 is 4.74 Å². The van der Waals surface area contributed by atoms with Crippen molar-refractivity contribution in [2.24, 2.45) is 5.73 Å². The van der Waals surface area contributed by atoms with Crippen LogP contribution in [0.15, 0.2) is 36.5 Å². The number of hydrogen-bond acceptors (Lipinski definition) is 4. The van der Waals surface area contributed by atoms with Crippen LogP contribution in [0.5, 0.6) is 5.75 Å². The van der Waals surface area contributed by atoms with Crippen molar-refractivity contribution in [3.8, 4) is 5.75 Å². The van der Waals surface area contributed by atoms with Crippen molar-refractivity contribution in [3.05, 3.63) is 52.7 Å². The monoisotopic (exact) mass is 291 g/mol. The largest absolute Gasteiger partial charge is 0.496 e. The number of aromatic nitrogens is 1. The van der Waals surface area contributed by atoms with Gasteiger partial charge < -0.3 is 15.4 Å². The van der Waals surface area contributed by atoms with Gasteiger partial charge in [-0.05, 0) is 17.7 Å². The molecule has 2 aromatic rings. The number of halogens is 1. The number of hydrogen-bond donors (Lipinski definition) is 1. The first-order chi connectivity index (χ1) is 9.65. The van der Waals surface area contributed by atoms with Gasteiger partial charge in [0.15, 0.2) is 0 Å². The van der Waals surface area contributed by atoms with E-state index in [-0.39, 0.29) is 0 Å². The Kier molecular flexibility index (Phi) is 4.82. The number of nitrogens with zero attached hydrogens (tertiary/aromatic N) is 2. The normalized spacial score (nSPS) is 10.4. The van der Waals surface area contributed by atoms with Gasteiger partial charge in [-0.2, -0.15) is 0 Å². The van der Waals surface area contributed by atoms with Crippen molar-refractivity contribution in [3.63, 3.8) is 0 Å². The third-order valence-electron chi connectivity index (χ3n) is 3.08. The van der Waals surface area contributed by atoms with Crippen LogP contribution in [0, 0.1) is 0 Å². The van der Waals surface area contributed by atoms with E-state index in [1.54, 1.807) is 13.3 Å². The molecule has 1 heterocycles. The van der Waals surface area contributed by atoms with Gasteiger partial charge in [-0.15, -0.1) is 0 Å². The second-order valence-corrected chi connectivity index (χ2v) is 4.93. The lowest BCUT2D eigenvalue weighted by atomic mass is 10.2. The Morgan fingerprint density at radius 2 is 2.10 bits per heavy atom. The highest BCUT2D eigenvalue weighted by Crippen LogP contribution is 2.26. The molecule has 0 aliphatic rings. The minimum Gasteiger partial charge on any atom is -0.496 e. The van der Waals surface area contributed by atoms with Gasteiger partial charge in [0.1, 0.15) is 11.6 Å². The van der Waals surface area contributed by atoms with Gasteiger partial charge >= 0.3 is 0 Å². The van der Waals surface area contributed by atoms with Gasteiger partial charge in [-0.25, -0.2) is 4.98 Å². The fourth-order valence-electron chi connectivity index (χ4n) is 2.03. The third-order valence-corrected chi connectivity index (χ3v) is 3.35. The van der Waals surface area contributed by atoms with Crippen LogP contribution in [0.25, 0.3) is 0 Å². The molecule has 0 aliphatic heterocycles. The molecule has 0 radical (unpaired) electrons. The van der Waals surface area contributed by atoms with Crippen LogP contribution in [0.2, 0.25) is 5.02 Å². The first-order valence-electron chi connectivity index (χ1n) is 6.33. The van der Waals surface area contributed by atoms with E-state index in [9.17, 15) is 0 Å². The van der Waals surface area contributed by atoms with Crippen LogP contribution in [-0.4, -0.2) is 19.1 Å². The number of pyridine rings is 1. The van der Waals surface area contributed by atoms with E-state index < -0.39 is 0 Å². The topological polar surface area (TPSA) is 51.4 Å². The molecule has 0 spiro atoms. The number of nitrogens with two attached hydrogens (primary N) is 1. The van der Waals surface area contributed by atoms with Crippen LogP contribution < -0.4 is 15.4 Å². The lowest BCUT2D eigenvalue weighted by Crippen LogP contribution is -2.18. The van der Waals surface area contributed by atoms with Crippen LogP contribution in [0.3, 0.4) is 0 Å². The van der Waals surface area contributed by atoms with E-state index in [2.05, 4.69) is 4.98 Å². The molecular formula is C15H18ClN3O. The van der Waals surface area contributed by atoms with Crippen LogP contribution in [0.4, 0.5) is 5.82 Å². The van der Waals surface area contributed by atoms with Crippen molar-refractivity contribution in [1.82, 2.24) is 4.98 Å². The molecule has 0 aliphatic carbocycles. The van der Waals surface area contributed by atoms with Gasteiger partial charge in [0.25, 0.3) is 0 Å². The Bertz CT molecular complexity index is 589. The smallest absolute Gasteiger partial charge is 0.147 e. The number of para-hydroxylation sites is 1. The van der Waals surface area contributed by atoms with Crippen LogP contribution in [-0.2, 0) is 13.1 Å². The molecule has 1 aromatic carbocycles. The third kappa shape index (κ3) is 3.21. The van der Waals surface area contributed by atoms with Crippen molar-refractivity contribution in [1.29, 1.82) is 0 Å². The van der Waals surface area contributed by atoms with E-state index >= 15 is 0 Å². The first kappa shape index (κ1) is 14.6. The van der Waals surface area contributed by atoms with E-state index in [1.807, 2.05) is 42.3 Å². The summed E-state index contributed by atoms with van der Waals surface area (Å²) < 4.78 is 5.35. The molecule has 1 aromatic heterocycles. The summed E-state index contributed by atoms with van der Waals surface area (Å²) in [5, 5.41) is 0.602. The Morgan fingerprint density at radius 1 is 1.35 bits per heavy atom. The SMILES string of the molecule is COc1ccccc1CN(C)c1ncc(CN)cc1Cl. The summed E-state index contributed by atoms with van der Waals surface area (Å²) in [6.45, 7) is 1.10. The predicted molar refractivity (Wildman–Crippen MR) is 82.2 cm³/mol. The highest BCUT2D eigenvalue weighted by Gasteiger charge is 2.11. The first-order valence-corrected chi connectivity index (χ1v) is 6.71. The number of benzene rings is 1. The quantitative estimate of drug-likeness (QED) is 0.920. The van der Waals surface area contributed by atoms with Crippen molar-refractivity contribution >= 4 is 17.4 Å². The fraction of sp³-hybridized carbons (Fsp3) is 0.267. The van der Waals surface area contributed by atoms with Gasteiger partial charge in [0, 0.05) is 31.9 Å². The van der Waals surface area contributed by atoms with Crippen LogP contribution >= 0.6 is 11.6 Å². The molecule has 106 valence electrons. The second kappa shape index (κ2) is 6.59. The van der Waals surface area contributed by atoms with Gasteiger partial charge in [0.05, 0.1) is 12.1 Å². The maximum absolute atomic E-state index is 6.25. The molecule has 5 heteroatoms. The summed E-state index contributed by atoms with van der Waals surface area (Å²) >= 11 is 6.25. The average Bonchev–Trinajstić information content (AvgIpc) is 2.47. The lowest BCUT2D eigenvalue weighted by Gasteiger charge is -2.21. The zero-order valence-electron chi connectivity index (χ0n) is 11.6. The molecule has 0 fully saturated rings. The molecule has 0 unspecified atom stereocenters. The van der Waals surface area contributed by atoms with Crippen LogP contribution in [0.1, 0.15) is 11.1 Å². The van der Waals surface area contributed by atoms with E-state index in [0.29, 0.717) is 18.1 Å². The van der Waals surface area contributed by atoms with E-state index in [4.69, 9.17) is 22.1 Å². The summed E-state index contributed by atoms with van der Waals surface area (Å²) in [7, 11) is 3.61. The summed E-state index contributed by atoms with van der Waals surface area (Å²) in [4.78, 5) is 6.36. The second-order valence-electron chi connectivity index (χ2n) is 4.52. The van der Waals surface area contributed by atoms with Crippen molar-refractivity contribution in [2.45, 2.75) is 13.1 Å². The molecule has 4 nitrogen and oxygen atoms in total. The molecular weight excluding hydrogens is 274 g/mol. The average molecular weight is 292 g/mol. The summed E-state index contributed by atoms with van der Waals surface area (Å²) in [5.74, 6) is 1.59. The molecule has 20 heavy (non-hydrogen) atoms. The molecule has 0 amide bonds. The Labute approximate surface area is 124 Å². The Morgan fingerprint density at radius 3 is 2.75 bits per heavy atom. The zero-order valence-corrected chi connectivity index (χ0v) is 12.4. The Balaban J connectivity index is 2.21. The molecule has 2 N–H and O–H groups in total. The summed E-state index contributed by atoms with van der Waals surface area (Å²) in [5.41, 5.74) is 7.58. The maximum Gasteiger partial charge on any atom is 0.147 e. The Hall–Kier alpha value is -1.78. The highest BCUT2D eigenvalue weighted by atomic mass is 35.5. The number of methoxy groups -OCH3 is 1. The van der Waals surface area contributed by atoms with Gasteiger partial charge in [-0.3, -0.25) is 0 Å². The summed E-state index contributed by atoms with van der Waals surface area (Å²) in [6.07, 6.45) is 1.75. The molecule has 0 saturated heterocycles. The molecule has 0 atom stereocenters. The number of anilines is 1. The minimum absolute atomic E-state index is 0.434. The summed E-state index contributed by atoms with van der Waals surface area (Å²) in [6, 6.07) is 9.75. The van der Waals surface area contributed by atoms with Gasteiger partial charge in [0.2, 0.25) is 0 Å².